The van der Waals surface area contributed by atoms with E-state index in [9.17, 15) is 0 Å². The van der Waals surface area contributed by atoms with Crippen LogP contribution in [0, 0.1) is 13.8 Å². The van der Waals surface area contributed by atoms with Crippen molar-refractivity contribution in [3.63, 3.8) is 0 Å². The van der Waals surface area contributed by atoms with E-state index in [0.29, 0.717) is 6.04 Å². The molecule has 0 saturated carbocycles. The molecule has 0 radical (unpaired) electrons. The van der Waals surface area contributed by atoms with Gasteiger partial charge in [0.2, 0.25) is 0 Å². The fourth-order valence-corrected chi connectivity index (χ4v) is 4.19. The highest BCUT2D eigenvalue weighted by molar-refractivity contribution is 7.99. The van der Waals surface area contributed by atoms with Crippen molar-refractivity contribution in [2.75, 3.05) is 12.3 Å². The molecule has 0 amide bonds. The van der Waals surface area contributed by atoms with Crippen LogP contribution in [-0.4, -0.2) is 12.3 Å². The summed E-state index contributed by atoms with van der Waals surface area (Å²) in [5, 5.41) is 3.59. The van der Waals surface area contributed by atoms with Crippen LogP contribution in [0.1, 0.15) is 28.3 Å². The summed E-state index contributed by atoms with van der Waals surface area (Å²) in [4.78, 5) is 4.22. The second-order valence-electron chi connectivity index (χ2n) is 4.64. The molecule has 2 rings (SSSR count). The topological polar surface area (TPSA) is 12.0 Å². The molecule has 0 aliphatic carbocycles. The van der Waals surface area contributed by atoms with Crippen molar-refractivity contribution in [2.24, 2.45) is 0 Å². The van der Waals surface area contributed by atoms with Gasteiger partial charge in [0.1, 0.15) is 0 Å². The predicted molar refractivity (Wildman–Crippen MR) is 87.4 cm³/mol. The Morgan fingerprint density at radius 1 is 1.16 bits per heavy atom. The van der Waals surface area contributed by atoms with Gasteiger partial charge in [-0.05, 0) is 44.2 Å². The van der Waals surface area contributed by atoms with Gasteiger partial charge in [0.05, 0.1) is 6.04 Å². The fourth-order valence-electron chi connectivity index (χ4n) is 2.02. The number of hydrogen-bond acceptors (Lipinski definition) is 3. The maximum absolute atomic E-state index is 3.59. The van der Waals surface area contributed by atoms with E-state index in [4.69, 9.17) is 0 Å². The van der Waals surface area contributed by atoms with Gasteiger partial charge >= 0.3 is 0 Å². The number of rotatable bonds is 6. The van der Waals surface area contributed by atoms with Gasteiger partial charge in [0.25, 0.3) is 0 Å². The number of thioether (sulfide) groups is 1. The Morgan fingerprint density at radius 3 is 2.58 bits per heavy atom. The van der Waals surface area contributed by atoms with Gasteiger partial charge in [0.15, 0.2) is 0 Å². The third-order valence-corrected chi connectivity index (χ3v) is 5.44. The van der Waals surface area contributed by atoms with Gasteiger partial charge in [-0.1, -0.05) is 25.1 Å². The normalized spacial score (nSPS) is 12.6. The van der Waals surface area contributed by atoms with Crippen LogP contribution in [0.3, 0.4) is 0 Å². The molecule has 102 valence electrons. The van der Waals surface area contributed by atoms with Crippen LogP contribution >= 0.6 is 23.1 Å². The first-order chi connectivity index (χ1) is 9.20. The molecule has 0 aliphatic heterocycles. The van der Waals surface area contributed by atoms with E-state index in [0.717, 1.165) is 12.3 Å². The van der Waals surface area contributed by atoms with Crippen molar-refractivity contribution in [3.05, 3.63) is 51.7 Å². The van der Waals surface area contributed by atoms with Crippen LogP contribution in [0.5, 0.6) is 0 Å². The molecule has 0 bridgehead atoms. The zero-order chi connectivity index (χ0) is 13.7. The summed E-state index contributed by atoms with van der Waals surface area (Å²) in [7, 11) is 0. The minimum atomic E-state index is 0.452. The summed E-state index contributed by atoms with van der Waals surface area (Å²) in [5.74, 6) is 1.08. The Bertz CT molecular complexity index is 519. The second kappa shape index (κ2) is 7.13. The zero-order valence-electron chi connectivity index (χ0n) is 11.8. The van der Waals surface area contributed by atoms with Crippen LogP contribution in [0.2, 0.25) is 0 Å². The average molecular weight is 291 g/mol. The lowest BCUT2D eigenvalue weighted by atomic mass is 10.2. The van der Waals surface area contributed by atoms with E-state index in [1.165, 1.54) is 20.2 Å². The number of hydrogen-bond donors (Lipinski definition) is 1. The van der Waals surface area contributed by atoms with Crippen molar-refractivity contribution >= 4 is 23.1 Å². The number of benzene rings is 1. The van der Waals surface area contributed by atoms with Crippen molar-refractivity contribution < 1.29 is 0 Å². The first-order valence-electron chi connectivity index (χ1n) is 6.69. The first-order valence-corrected chi connectivity index (χ1v) is 8.49. The largest absolute Gasteiger partial charge is 0.309 e. The SMILES string of the molecule is CCNC(CSc1ccccc1C)c1ccc(C)s1. The van der Waals surface area contributed by atoms with E-state index in [-0.39, 0.29) is 0 Å². The van der Waals surface area contributed by atoms with Crippen molar-refractivity contribution in [1.82, 2.24) is 5.32 Å². The maximum Gasteiger partial charge on any atom is 0.0510 e. The Morgan fingerprint density at radius 2 is 1.95 bits per heavy atom. The molecule has 1 atom stereocenters. The molecule has 0 aliphatic rings. The van der Waals surface area contributed by atoms with E-state index in [1.54, 1.807) is 0 Å². The smallest absolute Gasteiger partial charge is 0.0510 e. The highest BCUT2D eigenvalue weighted by atomic mass is 32.2. The van der Waals surface area contributed by atoms with Crippen LogP contribution in [0.25, 0.3) is 0 Å². The number of thiophene rings is 1. The van der Waals surface area contributed by atoms with E-state index in [1.807, 2.05) is 23.1 Å². The van der Waals surface area contributed by atoms with Gasteiger partial charge in [-0.15, -0.1) is 23.1 Å². The van der Waals surface area contributed by atoms with E-state index < -0.39 is 0 Å². The summed E-state index contributed by atoms with van der Waals surface area (Å²) in [5.41, 5.74) is 1.37. The highest BCUT2D eigenvalue weighted by Crippen LogP contribution is 2.30. The van der Waals surface area contributed by atoms with E-state index >= 15 is 0 Å². The molecule has 1 N–H and O–H groups in total. The van der Waals surface area contributed by atoms with Crippen LogP contribution < -0.4 is 5.32 Å². The molecule has 19 heavy (non-hydrogen) atoms. The minimum Gasteiger partial charge on any atom is -0.309 e. The summed E-state index contributed by atoms with van der Waals surface area (Å²) < 4.78 is 0. The number of nitrogens with one attached hydrogen (secondary N) is 1. The lowest BCUT2D eigenvalue weighted by molar-refractivity contribution is 0.615. The van der Waals surface area contributed by atoms with Crippen molar-refractivity contribution in [1.29, 1.82) is 0 Å². The zero-order valence-corrected chi connectivity index (χ0v) is 13.4. The minimum absolute atomic E-state index is 0.452. The van der Waals surface area contributed by atoms with Gasteiger partial charge < -0.3 is 5.32 Å². The van der Waals surface area contributed by atoms with Crippen LogP contribution in [-0.2, 0) is 0 Å². The molecular formula is C16H21NS2. The van der Waals surface area contributed by atoms with Gasteiger partial charge in [-0.2, -0.15) is 0 Å². The average Bonchev–Trinajstić information content (AvgIpc) is 2.83. The Labute approximate surface area is 124 Å². The van der Waals surface area contributed by atoms with Gasteiger partial charge in [0, 0.05) is 20.4 Å². The molecule has 0 fully saturated rings. The number of aryl methyl sites for hydroxylation is 2. The summed E-state index contributed by atoms with van der Waals surface area (Å²) in [6.07, 6.45) is 0. The Hall–Kier alpha value is -0.770. The van der Waals surface area contributed by atoms with Gasteiger partial charge in [-0.3, -0.25) is 0 Å². The monoisotopic (exact) mass is 291 g/mol. The third-order valence-electron chi connectivity index (χ3n) is 3.05. The lowest BCUT2D eigenvalue weighted by Crippen LogP contribution is -2.22. The Balaban J connectivity index is 2.03. The molecule has 1 heterocycles. The molecule has 1 aromatic heterocycles. The maximum atomic E-state index is 3.59. The summed E-state index contributed by atoms with van der Waals surface area (Å²) in [6, 6.07) is 13.5. The molecule has 1 unspecified atom stereocenters. The first kappa shape index (κ1) is 14.6. The molecule has 1 nitrogen and oxygen atoms in total. The lowest BCUT2D eigenvalue weighted by Gasteiger charge is -2.16. The molecule has 0 spiro atoms. The molecule has 0 saturated heterocycles. The van der Waals surface area contributed by atoms with Gasteiger partial charge in [-0.25, -0.2) is 0 Å². The summed E-state index contributed by atoms with van der Waals surface area (Å²) >= 11 is 3.84. The van der Waals surface area contributed by atoms with Crippen LogP contribution in [0.4, 0.5) is 0 Å². The highest BCUT2D eigenvalue weighted by Gasteiger charge is 2.13. The summed E-state index contributed by atoms with van der Waals surface area (Å²) in [6.45, 7) is 7.54. The van der Waals surface area contributed by atoms with Crippen molar-refractivity contribution in [2.45, 2.75) is 31.7 Å². The standard InChI is InChI=1S/C16H21NS2/c1-4-17-14(16-10-9-13(3)19-16)11-18-15-8-6-5-7-12(15)2/h5-10,14,17H,4,11H2,1-3H3. The molecule has 1 aromatic carbocycles. The van der Waals surface area contributed by atoms with Crippen molar-refractivity contribution in [3.8, 4) is 0 Å². The predicted octanol–water partition coefficient (Wildman–Crippen LogP) is 4.81. The van der Waals surface area contributed by atoms with E-state index in [2.05, 4.69) is 62.5 Å². The quantitative estimate of drug-likeness (QED) is 0.767. The molecule has 3 heteroatoms. The second-order valence-corrected chi connectivity index (χ2v) is 7.02. The van der Waals surface area contributed by atoms with Crippen LogP contribution in [0.15, 0.2) is 41.3 Å². The molecule has 2 aromatic rings. The molecular weight excluding hydrogens is 270 g/mol. The Kier molecular flexibility index (Phi) is 5.49. The fraction of sp³-hybridized carbons (Fsp3) is 0.375. The third kappa shape index (κ3) is 4.10.